The number of hydrogen-bond donors (Lipinski definition) is 1. The van der Waals surface area contributed by atoms with Gasteiger partial charge >= 0.3 is 0 Å². The fourth-order valence-corrected chi connectivity index (χ4v) is 2.68. The van der Waals surface area contributed by atoms with E-state index in [9.17, 15) is 4.79 Å². The molecular formula is C13H16N2OS. The van der Waals surface area contributed by atoms with Crippen LogP contribution in [0, 0.1) is 0 Å². The van der Waals surface area contributed by atoms with Crippen LogP contribution in [0.15, 0.2) is 29.3 Å². The second-order valence-corrected chi connectivity index (χ2v) is 5.07. The molecule has 1 aliphatic rings. The molecule has 0 aliphatic carbocycles. The van der Waals surface area contributed by atoms with Crippen LogP contribution in [0.2, 0.25) is 0 Å². The van der Waals surface area contributed by atoms with E-state index in [1.165, 1.54) is 0 Å². The molecule has 1 N–H and O–H groups in total. The summed E-state index contributed by atoms with van der Waals surface area (Å²) in [4.78, 5) is 15.7. The number of carbonyl (C=O) groups excluding carboxylic acids is 1. The van der Waals surface area contributed by atoms with Crippen LogP contribution in [0.3, 0.4) is 0 Å². The summed E-state index contributed by atoms with van der Waals surface area (Å²) in [6.45, 7) is 3.73. The maximum Gasteiger partial charge on any atom is 0.161 e. The first-order valence-electron chi connectivity index (χ1n) is 5.77. The molecule has 0 fully saturated rings. The summed E-state index contributed by atoms with van der Waals surface area (Å²) in [5.41, 5.74) is 1.72. The van der Waals surface area contributed by atoms with Gasteiger partial charge < -0.3 is 5.32 Å². The maximum atomic E-state index is 11.1. The largest absolute Gasteiger partial charge is 0.335 e. The molecule has 1 aromatic rings. The number of nitrogens with zero attached hydrogens (tertiary/aromatic N) is 1. The van der Waals surface area contributed by atoms with Crippen molar-refractivity contribution in [3.63, 3.8) is 0 Å². The molecular weight excluding hydrogens is 232 g/mol. The summed E-state index contributed by atoms with van der Waals surface area (Å²) in [5.74, 6) is 1.15. The summed E-state index contributed by atoms with van der Waals surface area (Å²) in [6, 6.07) is 7.95. The van der Waals surface area contributed by atoms with E-state index in [0.717, 1.165) is 28.6 Å². The number of carbonyl (C=O) groups is 1. The van der Waals surface area contributed by atoms with Crippen LogP contribution >= 0.6 is 11.8 Å². The van der Waals surface area contributed by atoms with Crippen LogP contribution in [0.5, 0.6) is 0 Å². The summed E-state index contributed by atoms with van der Waals surface area (Å²) in [5, 5.41) is 4.25. The van der Waals surface area contributed by atoms with Crippen molar-refractivity contribution >= 4 is 28.4 Å². The van der Waals surface area contributed by atoms with E-state index >= 15 is 0 Å². The Balaban J connectivity index is 2.02. The number of Topliss-reactive ketones (excluding diaryl/α,β-unsaturated/α-hetero) is 1. The maximum absolute atomic E-state index is 11.1. The van der Waals surface area contributed by atoms with Gasteiger partial charge in [0.2, 0.25) is 0 Å². The third-order valence-electron chi connectivity index (χ3n) is 2.73. The average Bonchev–Trinajstić information content (AvgIpc) is 2.77. The van der Waals surface area contributed by atoms with Crippen molar-refractivity contribution in [1.82, 2.24) is 0 Å². The molecule has 0 radical (unpaired) electrons. The monoisotopic (exact) mass is 248 g/mol. The number of anilines is 1. The lowest BCUT2D eigenvalue weighted by Gasteiger charge is -2.05. The van der Waals surface area contributed by atoms with Crippen molar-refractivity contribution < 1.29 is 4.79 Å². The first-order valence-corrected chi connectivity index (χ1v) is 6.76. The SMILES string of the molecule is CC[C@@H]1CSC(Nc2ccc(C(C)=O)cc2)=N1. The molecule has 2 rings (SSSR count). The lowest BCUT2D eigenvalue weighted by molar-refractivity contribution is 0.101. The first-order chi connectivity index (χ1) is 8.19. The van der Waals surface area contributed by atoms with E-state index in [-0.39, 0.29) is 5.78 Å². The van der Waals surface area contributed by atoms with Gasteiger partial charge in [-0.2, -0.15) is 0 Å². The van der Waals surface area contributed by atoms with Crippen LogP contribution in [0.25, 0.3) is 0 Å². The van der Waals surface area contributed by atoms with Gasteiger partial charge in [0.1, 0.15) is 0 Å². The van der Waals surface area contributed by atoms with Gasteiger partial charge in [0.05, 0.1) is 6.04 Å². The van der Waals surface area contributed by atoms with Crippen LogP contribution in [0.1, 0.15) is 30.6 Å². The average molecular weight is 248 g/mol. The number of rotatable bonds is 3. The molecule has 90 valence electrons. The van der Waals surface area contributed by atoms with Crippen LogP contribution in [-0.2, 0) is 0 Å². The standard InChI is InChI=1S/C13H16N2OS/c1-3-11-8-17-13(14-11)15-12-6-4-10(5-7-12)9(2)16/h4-7,11H,3,8H2,1-2H3,(H,14,15)/t11-/m1/s1. The van der Waals surface area contributed by atoms with Crippen molar-refractivity contribution in [1.29, 1.82) is 0 Å². The minimum Gasteiger partial charge on any atom is -0.335 e. The Labute approximate surface area is 106 Å². The molecule has 0 unspecified atom stereocenters. The van der Waals surface area contributed by atoms with Gasteiger partial charge in [-0.15, -0.1) is 0 Å². The van der Waals surface area contributed by atoms with E-state index in [2.05, 4.69) is 17.2 Å². The quantitative estimate of drug-likeness (QED) is 0.835. The summed E-state index contributed by atoms with van der Waals surface area (Å²) in [7, 11) is 0. The highest BCUT2D eigenvalue weighted by Crippen LogP contribution is 2.22. The van der Waals surface area contributed by atoms with E-state index in [4.69, 9.17) is 0 Å². The topological polar surface area (TPSA) is 41.5 Å². The Morgan fingerprint density at radius 1 is 1.47 bits per heavy atom. The number of hydrogen-bond acceptors (Lipinski definition) is 4. The van der Waals surface area contributed by atoms with Crippen molar-refractivity contribution in [3.05, 3.63) is 29.8 Å². The number of thioether (sulfide) groups is 1. The summed E-state index contributed by atoms with van der Waals surface area (Å²) >= 11 is 1.75. The van der Waals surface area contributed by atoms with E-state index < -0.39 is 0 Å². The number of nitrogens with one attached hydrogen (secondary N) is 1. The van der Waals surface area contributed by atoms with Crippen LogP contribution in [-0.4, -0.2) is 22.7 Å². The molecule has 17 heavy (non-hydrogen) atoms. The van der Waals surface area contributed by atoms with E-state index in [1.807, 2.05) is 24.3 Å². The zero-order chi connectivity index (χ0) is 12.3. The van der Waals surface area contributed by atoms with Gasteiger partial charge in [-0.25, -0.2) is 0 Å². The van der Waals surface area contributed by atoms with Crippen molar-refractivity contribution in [2.75, 3.05) is 11.1 Å². The number of aliphatic imine (C=N–C) groups is 1. The number of amidine groups is 1. The predicted molar refractivity (Wildman–Crippen MR) is 74.0 cm³/mol. The number of benzene rings is 1. The second kappa shape index (κ2) is 5.36. The predicted octanol–water partition coefficient (Wildman–Crippen LogP) is 3.18. The summed E-state index contributed by atoms with van der Waals surface area (Å²) in [6.07, 6.45) is 1.08. The molecule has 0 bridgehead atoms. The van der Waals surface area contributed by atoms with Crippen LogP contribution < -0.4 is 5.32 Å². The highest BCUT2D eigenvalue weighted by Gasteiger charge is 2.16. The Morgan fingerprint density at radius 3 is 2.71 bits per heavy atom. The lowest BCUT2D eigenvalue weighted by Crippen LogP contribution is -2.05. The molecule has 1 heterocycles. The molecule has 0 amide bonds. The van der Waals surface area contributed by atoms with Gasteiger partial charge in [-0.05, 0) is 37.6 Å². The lowest BCUT2D eigenvalue weighted by atomic mass is 10.1. The molecule has 0 spiro atoms. The fourth-order valence-electron chi connectivity index (χ4n) is 1.60. The highest BCUT2D eigenvalue weighted by atomic mass is 32.2. The zero-order valence-electron chi connectivity index (χ0n) is 10.1. The van der Waals surface area contributed by atoms with Gasteiger partial charge in [0, 0.05) is 17.0 Å². The molecule has 3 nitrogen and oxygen atoms in total. The molecule has 0 saturated carbocycles. The van der Waals surface area contributed by atoms with Gasteiger partial charge in [0.25, 0.3) is 0 Å². The number of ketones is 1. The normalized spacial score (nSPS) is 18.9. The van der Waals surface area contributed by atoms with Gasteiger partial charge in [0.15, 0.2) is 11.0 Å². The highest BCUT2D eigenvalue weighted by molar-refractivity contribution is 8.14. The molecule has 1 aliphatic heterocycles. The Kier molecular flexibility index (Phi) is 3.84. The minimum absolute atomic E-state index is 0.0928. The van der Waals surface area contributed by atoms with Crippen LogP contribution in [0.4, 0.5) is 5.69 Å². The fraction of sp³-hybridized carbons (Fsp3) is 0.385. The third-order valence-corrected chi connectivity index (χ3v) is 3.76. The zero-order valence-corrected chi connectivity index (χ0v) is 10.9. The minimum atomic E-state index is 0.0928. The Hall–Kier alpha value is -1.29. The molecule has 4 heteroatoms. The summed E-state index contributed by atoms with van der Waals surface area (Å²) < 4.78 is 0. The van der Waals surface area contributed by atoms with Gasteiger partial charge in [-0.1, -0.05) is 18.7 Å². The second-order valence-electron chi connectivity index (χ2n) is 4.07. The smallest absolute Gasteiger partial charge is 0.161 e. The third kappa shape index (κ3) is 3.09. The molecule has 0 saturated heterocycles. The Morgan fingerprint density at radius 2 is 2.18 bits per heavy atom. The first kappa shape index (κ1) is 12.2. The van der Waals surface area contributed by atoms with Crippen molar-refractivity contribution in [2.45, 2.75) is 26.3 Å². The molecule has 0 aromatic heterocycles. The van der Waals surface area contributed by atoms with Crippen molar-refractivity contribution in [2.24, 2.45) is 4.99 Å². The Bertz CT molecular complexity index is 439. The molecule has 1 atom stereocenters. The van der Waals surface area contributed by atoms with E-state index in [0.29, 0.717) is 6.04 Å². The van der Waals surface area contributed by atoms with Gasteiger partial charge in [-0.3, -0.25) is 9.79 Å². The van der Waals surface area contributed by atoms with Crippen molar-refractivity contribution in [3.8, 4) is 0 Å². The molecule has 1 aromatic carbocycles. The van der Waals surface area contributed by atoms with E-state index in [1.54, 1.807) is 18.7 Å².